The Morgan fingerprint density at radius 1 is 1.33 bits per heavy atom. The van der Waals surface area contributed by atoms with E-state index in [-0.39, 0.29) is 16.1 Å². The van der Waals surface area contributed by atoms with E-state index in [9.17, 15) is 13.2 Å². The van der Waals surface area contributed by atoms with E-state index < -0.39 is 15.9 Å². The Morgan fingerprint density at radius 3 is 2.67 bits per heavy atom. The van der Waals surface area contributed by atoms with E-state index in [1.165, 1.54) is 10.9 Å². The number of fused-ring (bicyclic) bond motifs is 1. The summed E-state index contributed by atoms with van der Waals surface area (Å²) in [5, 5.41) is 4.33. The van der Waals surface area contributed by atoms with Gasteiger partial charge in [0.05, 0.1) is 11.9 Å². The number of imidazole rings is 1. The molecule has 0 fully saturated rings. The SMILES string of the molecule is Cn1nc(C(C)(C)C)cc1C(=O)NS(=O)(=O)c1cnc2n1CCC2. The number of aryl methyl sites for hydroxylation is 2. The molecule has 24 heavy (non-hydrogen) atoms. The normalized spacial score (nSPS) is 14.7. The average molecular weight is 351 g/mol. The Labute approximate surface area is 140 Å². The zero-order chi connectivity index (χ0) is 17.7. The molecule has 1 amide bonds. The van der Waals surface area contributed by atoms with Crippen LogP contribution in [0.1, 0.15) is 49.2 Å². The topological polar surface area (TPSA) is 98.9 Å². The van der Waals surface area contributed by atoms with Crippen molar-refractivity contribution >= 4 is 15.9 Å². The van der Waals surface area contributed by atoms with Crippen molar-refractivity contribution in [3.05, 3.63) is 29.5 Å². The summed E-state index contributed by atoms with van der Waals surface area (Å²) >= 11 is 0. The number of amides is 1. The van der Waals surface area contributed by atoms with Gasteiger partial charge in [-0.3, -0.25) is 9.48 Å². The highest BCUT2D eigenvalue weighted by atomic mass is 32.2. The van der Waals surface area contributed by atoms with Crippen LogP contribution >= 0.6 is 0 Å². The van der Waals surface area contributed by atoms with Gasteiger partial charge in [0.2, 0.25) is 0 Å². The van der Waals surface area contributed by atoms with Crippen LogP contribution in [0.5, 0.6) is 0 Å². The fourth-order valence-corrected chi connectivity index (χ4v) is 3.85. The van der Waals surface area contributed by atoms with Crippen molar-refractivity contribution in [2.45, 2.75) is 50.6 Å². The van der Waals surface area contributed by atoms with Gasteiger partial charge in [-0.15, -0.1) is 0 Å². The zero-order valence-corrected chi connectivity index (χ0v) is 15.0. The van der Waals surface area contributed by atoms with Gasteiger partial charge in [0, 0.05) is 25.4 Å². The van der Waals surface area contributed by atoms with Gasteiger partial charge in [-0.2, -0.15) is 13.5 Å². The molecule has 0 aromatic carbocycles. The summed E-state index contributed by atoms with van der Waals surface area (Å²) in [4.78, 5) is 16.5. The Balaban J connectivity index is 1.88. The van der Waals surface area contributed by atoms with Crippen LogP contribution in [-0.2, 0) is 35.5 Å². The maximum Gasteiger partial charge on any atom is 0.283 e. The van der Waals surface area contributed by atoms with Crippen molar-refractivity contribution in [2.75, 3.05) is 0 Å². The van der Waals surface area contributed by atoms with Crippen LogP contribution in [0.2, 0.25) is 0 Å². The Hall–Kier alpha value is -2.16. The fraction of sp³-hybridized carbons (Fsp3) is 0.533. The second-order valence-corrected chi connectivity index (χ2v) is 8.62. The Bertz CT molecular complexity index is 902. The highest BCUT2D eigenvalue weighted by molar-refractivity contribution is 7.90. The highest BCUT2D eigenvalue weighted by Crippen LogP contribution is 2.22. The van der Waals surface area contributed by atoms with E-state index >= 15 is 0 Å². The summed E-state index contributed by atoms with van der Waals surface area (Å²) in [7, 11) is -2.35. The molecule has 3 heterocycles. The number of hydrogen-bond acceptors (Lipinski definition) is 5. The molecule has 0 bridgehead atoms. The smallest absolute Gasteiger partial charge is 0.283 e. The first-order chi connectivity index (χ1) is 11.1. The van der Waals surface area contributed by atoms with Gasteiger partial charge in [0.1, 0.15) is 11.5 Å². The quantitative estimate of drug-likeness (QED) is 0.889. The lowest BCUT2D eigenvalue weighted by molar-refractivity contribution is 0.0972. The molecule has 2 aromatic rings. The molecule has 1 N–H and O–H groups in total. The molecule has 2 aromatic heterocycles. The Morgan fingerprint density at radius 2 is 2.04 bits per heavy atom. The van der Waals surface area contributed by atoms with E-state index in [0.29, 0.717) is 6.54 Å². The van der Waals surface area contributed by atoms with Crippen molar-refractivity contribution in [1.82, 2.24) is 24.1 Å². The third-order valence-electron chi connectivity index (χ3n) is 4.07. The average Bonchev–Trinajstić information content (AvgIpc) is 3.09. The monoisotopic (exact) mass is 351 g/mol. The molecule has 0 aliphatic carbocycles. The molecule has 0 radical (unpaired) electrons. The van der Waals surface area contributed by atoms with E-state index in [0.717, 1.165) is 24.4 Å². The van der Waals surface area contributed by atoms with Crippen LogP contribution < -0.4 is 4.72 Å². The largest absolute Gasteiger partial charge is 0.318 e. The number of rotatable bonds is 3. The van der Waals surface area contributed by atoms with E-state index in [4.69, 9.17) is 0 Å². The Kier molecular flexibility index (Phi) is 3.78. The van der Waals surface area contributed by atoms with Crippen molar-refractivity contribution in [1.29, 1.82) is 0 Å². The van der Waals surface area contributed by atoms with Gasteiger partial charge in [0.25, 0.3) is 15.9 Å². The summed E-state index contributed by atoms with van der Waals surface area (Å²) in [5.41, 5.74) is 0.684. The molecule has 0 unspecified atom stereocenters. The van der Waals surface area contributed by atoms with Crippen LogP contribution in [0.3, 0.4) is 0 Å². The number of carbonyl (C=O) groups excluding carboxylic acids is 1. The summed E-state index contributed by atoms with van der Waals surface area (Å²) < 4.78 is 30.2. The maximum atomic E-state index is 12.5. The van der Waals surface area contributed by atoms with Gasteiger partial charge >= 0.3 is 0 Å². The molecule has 3 rings (SSSR count). The van der Waals surface area contributed by atoms with Crippen molar-refractivity contribution in [3.8, 4) is 0 Å². The molecule has 0 spiro atoms. The minimum absolute atomic E-state index is 0.0292. The summed E-state index contributed by atoms with van der Waals surface area (Å²) in [5.74, 6) is 0.0347. The molecule has 1 aliphatic heterocycles. The van der Waals surface area contributed by atoms with E-state index in [2.05, 4.69) is 14.8 Å². The minimum atomic E-state index is -3.97. The molecular formula is C15H21N5O3S. The molecule has 0 atom stereocenters. The van der Waals surface area contributed by atoms with Gasteiger partial charge in [0.15, 0.2) is 5.03 Å². The molecule has 1 aliphatic rings. The number of sulfonamides is 1. The number of nitrogens with zero attached hydrogens (tertiary/aromatic N) is 4. The number of aromatic nitrogens is 4. The third kappa shape index (κ3) is 2.83. The standard InChI is InChI=1S/C15H21N5O3S/c1-15(2,3)11-8-10(19(4)17-11)14(21)18-24(22,23)13-9-16-12-6-5-7-20(12)13/h8-9H,5-7H2,1-4H3,(H,18,21). The second kappa shape index (κ2) is 5.44. The predicted molar refractivity (Wildman–Crippen MR) is 87.1 cm³/mol. The van der Waals surface area contributed by atoms with Gasteiger partial charge in [-0.1, -0.05) is 20.8 Å². The van der Waals surface area contributed by atoms with Crippen LogP contribution in [0.4, 0.5) is 0 Å². The molecular weight excluding hydrogens is 330 g/mol. The highest BCUT2D eigenvalue weighted by Gasteiger charge is 2.29. The number of carbonyl (C=O) groups is 1. The molecule has 0 saturated heterocycles. The summed E-state index contributed by atoms with van der Waals surface area (Å²) in [6.45, 7) is 6.52. The van der Waals surface area contributed by atoms with Crippen molar-refractivity contribution in [3.63, 3.8) is 0 Å². The zero-order valence-electron chi connectivity index (χ0n) is 14.2. The van der Waals surface area contributed by atoms with Crippen molar-refractivity contribution < 1.29 is 13.2 Å². The first-order valence-electron chi connectivity index (χ1n) is 7.75. The lowest BCUT2D eigenvalue weighted by Crippen LogP contribution is -2.33. The van der Waals surface area contributed by atoms with E-state index in [1.807, 2.05) is 20.8 Å². The van der Waals surface area contributed by atoms with Crippen LogP contribution in [0.25, 0.3) is 0 Å². The number of nitrogens with one attached hydrogen (secondary N) is 1. The number of hydrogen-bond donors (Lipinski definition) is 1. The van der Waals surface area contributed by atoms with Crippen LogP contribution in [0, 0.1) is 0 Å². The summed E-state index contributed by atoms with van der Waals surface area (Å²) in [6, 6.07) is 1.62. The maximum absolute atomic E-state index is 12.5. The van der Waals surface area contributed by atoms with Gasteiger partial charge in [-0.25, -0.2) is 9.71 Å². The first-order valence-corrected chi connectivity index (χ1v) is 9.24. The lowest BCUT2D eigenvalue weighted by atomic mass is 9.92. The fourth-order valence-electron chi connectivity index (χ4n) is 2.72. The molecule has 8 nitrogen and oxygen atoms in total. The summed E-state index contributed by atoms with van der Waals surface area (Å²) in [6.07, 6.45) is 2.91. The third-order valence-corrected chi connectivity index (χ3v) is 5.40. The minimum Gasteiger partial charge on any atom is -0.318 e. The van der Waals surface area contributed by atoms with Crippen molar-refractivity contribution in [2.24, 2.45) is 7.05 Å². The molecule has 130 valence electrons. The van der Waals surface area contributed by atoms with Crippen LogP contribution in [-0.4, -0.2) is 33.7 Å². The molecule has 0 saturated carbocycles. The molecule has 9 heteroatoms. The van der Waals surface area contributed by atoms with Gasteiger partial charge in [-0.05, 0) is 12.5 Å². The second-order valence-electron chi connectivity index (χ2n) is 6.99. The van der Waals surface area contributed by atoms with Gasteiger partial charge < -0.3 is 4.57 Å². The predicted octanol–water partition coefficient (Wildman–Crippen LogP) is 0.979. The van der Waals surface area contributed by atoms with E-state index in [1.54, 1.807) is 17.7 Å². The first kappa shape index (κ1) is 16.7. The van der Waals surface area contributed by atoms with Crippen LogP contribution in [0.15, 0.2) is 17.3 Å². The lowest BCUT2D eigenvalue weighted by Gasteiger charge is -2.13.